The molecule has 0 aliphatic rings. The maximum Gasteiger partial charge on any atom is 0.327 e. The van der Waals surface area contributed by atoms with Crippen LogP contribution in [0.25, 0.3) is 10.9 Å². The van der Waals surface area contributed by atoms with Crippen LogP contribution >= 0.6 is 25.3 Å². The molecule has 0 fully saturated rings. The number of benzene rings is 4. The van der Waals surface area contributed by atoms with Crippen LogP contribution in [0, 0.1) is 5.92 Å². The summed E-state index contributed by atoms with van der Waals surface area (Å²) < 4.78 is 0. The summed E-state index contributed by atoms with van der Waals surface area (Å²) in [6.45, 7) is 2.87. The number of aliphatic hydroxyl groups is 2. The summed E-state index contributed by atoms with van der Waals surface area (Å²) in [4.78, 5) is 219. The van der Waals surface area contributed by atoms with E-state index < -0.39 is 231 Å². The molecule has 13 atom stereocenters. The molecule has 39 nitrogen and oxygen atoms in total. The van der Waals surface area contributed by atoms with Gasteiger partial charge in [-0.05, 0) is 97.3 Å². The van der Waals surface area contributed by atoms with E-state index in [1.54, 1.807) is 44.3 Å². The van der Waals surface area contributed by atoms with E-state index in [-0.39, 0.29) is 59.1 Å². The summed E-state index contributed by atoms with van der Waals surface area (Å²) >= 11 is 7.81. The Balaban J connectivity index is 1.37. The first-order valence-corrected chi connectivity index (χ1v) is 36.8. The van der Waals surface area contributed by atoms with Crippen LogP contribution in [0.3, 0.4) is 0 Å². The zero-order valence-corrected chi connectivity index (χ0v) is 64.0. The average molecular weight is 1630 g/mol. The lowest BCUT2D eigenvalue weighted by Crippen LogP contribution is -2.61. The molecule has 4 aromatic carbocycles. The maximum atomic E-state index is 14.7. The number of fused-ring (bicyclic) bond motifs is 1. The number of carboxylic acid groups (broad SMARTS) is 3. The molecular formula is C73H95N15O24S2. The Morgan fingerprint density at radius 3 is 1.30 bits per heavy atom. The van der Waals surface area contributed by atoms with Crippen molar-refractivity contribution in [3.63, 3.8) is 0 Å². The van der Waals surface area contributed by atoms with Gasteiger partial charge < -0.3 is 121 Å². The number of aromatic amines is 1. The molecule has 5 rings (SSSR count). The minimum absolute atomic E-state index is 0.102. The highest BCUT2D eigenvalue weighted by Crippen LogP contribution is 2.21. The second-order valence-electron chi connectivity index (χ2n) is 26.9. The summed E-state index contributed by atoms with van der Waals surface area (Å²) in [5, 5.41) is 111. The predicted molar refractivity (Wildman–Crippen MR) is 411 cm³/mol. The number of hydrogen-bond acceptors (Lipinski definition) is 24. The third kappa shape index (κ3) is 30.5. The Hall–Kier alpha value is -12.1. The maximum absolute atomic E-state index is 14.7. The zero-order chi connectivity index (χ0) is 84.6. The monoisotopic (exact) mass is 1630 g/mol. The van der Waals surface area contributed by atoms with Crippen LogP contribution in [-0.2, 0) is 102 Å². The number of nitrogens with two attached hydrogens (primary N) is 1. The number of para-hydroxylation sites is 1. The summed E-state index contributed by atoms with van der Waals surface area (Å²) in [7, 11) is 0. The molecule has 0 radical (unpaired) electrons. The minimum atomic E-state index is -1.98. The highest BCUT2D eigenvalue weighted by molar-refractivity contribution is 7.80. The molecule has 41 heteroatoms. The van der Waals surface area contributed by atoms with Gasteiger partial charge in [0.25, 0.3) is 0 Å². The number of nitrogens with one attached hydrogen (secondary N) is 14. The van der Waals surface area contributed by atoms with Gasteiger partial charge in [0.15, 0.2) is 0 Å². The topological polar surface area (TPSA) is 633 Å². The van der Waals surface area contributed by atoms with Gasteiger partial charge in [0.2, 0.25) is 76.8 Å². The van der Waals surface area contributed by atoms with Crippen LogP contribution in [0.2, 0.25) is 0 Å². The SMILES string of the molecule is CC(C)C[C@H](NC(=O)[C@@H](NC(=O)CNC(=O)[C@H](Cc1ccc(O)cc1)NC(=O)[C@H](Cc1c[nH]c2ccccc12)NC(=O)[C@H](C)NC(=O)[C@H](CO)NC(=O)[C@@H](N)CS)[C@@H](C)O)C(=O)N[C@@H](Cc1ccc(O)cc1)C(=O)N[C@@H](CCC(=O)O)C(=O)N[C@@H](Cc1ccc(O)cc1)C(=O)N[C@@H](CC(=O)O)C(=O)NCC(=O)N[C@@H](CS)C(=O)O. The van der Waals surface area contributed by atoms with E-state index in [0.717, 1.165) is 6.92 Å². The summed E-state index contributed by atoms with van der Waals surface area (Å²) in [6.07, 6.45) is -4.54. The number of aromatic hydroxyl groups is 3. The number of aliphatic hydroxyl groups excluding tert-OH is 2. The molecule has 0 saturated carbocycles. The standard InChI is InChI=1S/C73H95N15O24S2/c1-35(2)23-49(67(105)84-51(25-39-11-17-43(92)18-12-39)68(106)80-48(21-22-59(96)97)66(104)83-52(26-40-13-19-44(93)20-14-40)69(107)85-54(28-60(98)99)65(103)76-30-57(94)79-56(34-114)73(111)112)86-72(110)61(37(4)90)88-58(95)31-77-64(102)50(24-38-9-15-42(91)16-10-38)82-70(108)53(27-41-29-75-47-8-6-5-7-45(41)47)81-62(100)36(3)78-71(109)55(32-89)87-63(101)46(74)33-113/h5-20,29,35-37,46,48-56,61,75,89-93,113-114H,21-28,30-34,74H2,1-4H3,(H,76,103)(H,77,102)(H,78,109)(H,79,94)(H,80,106)(H,81,100)(H,82,108)(H,83,104)(H,84,105)(H,85,107)(H,86,110)(H,87,101)(H,88,95)(H,96,97)(H,98,99)(H,111,112)/t36-,37+,46-,48-,49-,50-,51-,52-,53-,54-,55-,56-,61-/m0/s1. The number of rotatable bonds is 46. The van der Waals surface area contributed by atoms with Gasteiger partial charge in [0.1, 0.15) is 83.7 Å². The van der Waals surface area contributed by atoms with Crippen LogP contribution in [0.1, 0.15) is 75.6 Å². The lowest BCUT2D eigenvalue weighted by atomic mass is 9.99. The number of phenols is 3. The Morgan fingerprint density at radius 2 is 0.842 bits per heavy atom. The van der Waals surface area contributed by atoms with E-state index in [4.69, 9.17) is 5.73 Å². The Kier molecular flexibility index (Phi) is 36.9. The highest BCUT2D eigenvalue weighted by Gasteiger charge is 2.38. The highest BCUT2D eigenvalue weighted by atomic mass is 32.1. The van der Waals surface area contributed by atoms with Crippen molar-refractivity contribution in [2.45, 2.75) is 158 Å². The van der Waals surface area contributed by atoms with Crippen molar-refractivity contribution in [1.82, 2.24) is 74.1 Å². The Labute approximate surface area is 662 Å². The number of amides is 13. The molecule has 0 unspecified atom stereocenters. The molecule has 5 aromatic rings. The van der Waals surface area contributed by atoms with Gasteiger partial charge in [-0.25, -0.2) is 4.79 Å². The van der Waals surface area contributed by atoms with Gasteiger partial charge >= 0.3 is 17.9 Å². The minimum Gasteiger partial charge on any atom is -0.508 e. The Bertz CT molecular complexity index is 4230. The van der Waals surface area contributed by atoms with Crippen LogP contribution in [0.15, 0.2) is 103 Å². The van der Waals surface area contributed by atoms with Crippen molar-refractivity contribution >= 4 is 131 Å². The van der Waals surface area contributed by atoms with E-state index in [2.05, 4.69) is 99.4 Å². The van der Waals surface area contributed by atoms with E-state index in [0.29, 0.717) is 22.0 Å². The van der Waals surface area contributed by atoms with Crippen LogP contribution in [0.5, 0.6) is 17.2 Å². The van der Waals surface area contributed by atoms with E-state index in [1.165, 1.54) is 79.7 Å². The van der Waals surface area contributed by atoms with Crippen LogP contribution in [-0.4, -0.2) is 250 Å². The van der Waals surface area contributed by atoms with Crippen LogP contribution < -0.4 is 74.9 Å². The number of thiol groups is 2. The molecule has 24 N–H and O–H groups in total. The number of H-pyrrole nitrogens is 1. The lowest BCUT2D eigenvalue weighted by Gasteiger charge is -2.28. The largest absolute Gasteiger partial charge is 0.508 e. The predicted octanol–water partition coefficient (Wildman–Crippen LogP) is -4.83. The lowest BCUT2D eigenvalue weighted by molar-refractivity contribution is -0.142. The van der Waals surface area contributed by atoms with Crippen molar-refractivity contribution < 1.29 is 118 Å². The summed E-state index contributed by atoms with van der Waals surface area (Å²) in [5.41, 5.74) is 7.71. The number of carboxylic acids is 3. The van der Waals surface area contributed by atoms with Crippen molar-refractivity contribution in [2.75, 3.05) is 31.2 Å². The van der Waals surface area contributed by atoms with Crippen molar-refractivity contribution in [1.29, 1.82) is 0 Å². The third-order valence-corrected chi connectivity index (χ3v) is 18.0. The quantitative estimate of drug-likeness (QED) is 0.0163. The fourth-order valence-electron chi connectivity index (χ4n) is 11.1. The number of phenolic OH excluding ortho intramolecular Hbond substituents is 3. The molecule has 114 heavy (non-hydrogen) atoms. The molecule has 0 saturated heterocycles. The van der Waals surface area contributed by atoms with E-state index in [9.17, 15) is 118 Å². The average Bonchev–Trinajstić information content (AvgIpc) is 1.72. The fraction of sp³-hybridized carbons (Fsp3) is 0.425. The molecule has 1 aromatic heterocycles. The molecule has 0 aliphatic carbocycles. The first-order chi connectivity index (χ1) is 53.9. The second kappa shape index (κ2) is 45.4. The van der Waals surface area contributed by atoms with Crippen molar-refractivity contribution in [3.05, 3.63) is 126 Å². The Morgan fingerprint density at radius 1 is 0.430 bits per heavy atom. The number of aromatic nitrogens is 1. The number of hydrogen-bond donors (Lipinski definition) is 25. The smallest absolute Gasteiger partial charge is 0.327 e. The van der Waals surface area contributed by atoms with Crippen molar-refractivity contribution in [3.8, 4) is 17.2 Å². The van der Waals surface area contributed by atoms with Gasteiger partial charge in [-0.2, -0.15) is 25.3 Å². The van der Waals surface area contributed by atoms with E-state index in [1.807, 2.05) is 0 Å². The second-order valence-corrected chi connectivity index (χ2v) is 27.6. The molecule has 13 amide bonds. The summed E-state index contributed by atoms with van der Waals surface area (Å²) in [5.74, 6) is -20.3. The molecule has 0 spiro atoms. The van der Waals surface area contributed by atoms with Gasteiger partial charge in [0, 0.05) is 60.7 Å². The van der Waals surface area contributed by atoms with Gasteiger partial charge in [0.05, 0.1) is 38.3 Å². The normalized spacial score (nSPS) is 14.5. The third-order valence-electron chi connectivity index (χ3n) is 17.2. The number of aliphatic carboxylic acids is 3. The molecule has 1 heterocycles. The van der Waals surface area contributed by atoms with E-state index >= 15 is 0 Å². The fourth-order valence-corrected chi connectivity index (χ4v) is 11.5. The molecule has 0 bridgehead atoms. The van der Waals surface area contributed by atoms with Gasteiger partial charge in [-0.3, -0.25) is 71.9 Å². The van der Waals surface area contributed by atoms with Gasteiger partial charge in [-0.1, -0.05) is 68.4 Å². The number of carbonyl (C=O) groups excluding carboxylic acids is 13. The molecular weight excluding hydrogens is 1540 g/mol. The zero-order valence-electron chi connectivity index (χ0n) is 62.2. The summed E-state index contributed by atoms with van der Waals surface area (Å²) in [6, 6.07) is 2.90. The van der Waals surface area contributed by atoms with Crippen molar-refractivity contribution in [2.24, 2.45) is 11.7 Å². The first kappa shape index (κ1) is 92.5. The van der Waals surface area contributed by atoms with Crippen LogP contribution in [0.4, 0.5) is 0 Å². The first-order valence-electron chi connectivity index (χ1n) is 35.6. The van der Waals surface area contributed by atoms with Gasteiger partial charge in [-0.15, -0.1) is 0 Å². The number of carbonyl (C=O) groups is 16. The molecule has 0 aliphatic heterocycles. The molecule has 618 valence electrons.